The highest BCUT2D eigenvalue weighted by molar-refractivity contribution is 5.82. The SMILES string of the molecule is Cc1ccc(C(N)C(=O)NCC(O)CC(C)C)cc1. The van der Waals surface area contributed by atoms with Crippen molar-refractivity contribution in [2.75, 3.05) is 6.54 Å². The van der Waals surface area contributed by atoms with Gasteiger partial charge in [-0.3, -0.25) is 4.79 Å². The summed E-state index contributed by atoms with van der Waals surface area (Å²) >= 11 is 0. The summed E-state index contributed by atoms with van der Waals surface area (Å²) in [5, 5.41) is 12.4. The molecule has 1 rings (SSSR count). The Morgan fingerprint density at radius 1 is 1.32 bits per heavy atom. The van der Waals surface area contributed by atoms with E-state index in [0.717, 1.165) is 11.1 Å². The number of aliphatic hydroxyl groups is 1. The van der Waals surface area contributed by atoms with Crippen molar-refractivity contribution in [3.05, 3.63) is 35.4 Å². The first-order valence-corrected chi connectivity index (χ1v) is 6.68. The molecule has 0 radical (unpaired) electrons. The van der Waals surface area contributed by atoms with Crippen LogP contribution in [0.25, 0.3) is 0 Å². The molecule has 1 aromatic carbocycles. The van der Waals surface area contributed by atoms with Crippen molar-refractivity contribution in [1.29, 1.82) is 0 Å². The van der Waals surface area contributed by atoms with Crippen LogP contribution in [-0.4, -0.2) is 23.7 Å². The molecule has 4 N–H and O–H groups in total. The van der Waals surface area contributed by atoms with E-state index in [4.69, 9.17) is 5.73 Å². The van der Waals surface area contributed by atoms with Crippen LogP contribution in [0, 0.1) is 12.8 Å². The van der Waals surface area contributed by atoms with E-state index < -0.39 is 12.1 Å². The predicted octanol–water partition coefficient (Wildman–Crippen LogP) is 1.52. The summed E-state index contributed by atoms with van der Waals surface area (Å²) in [7, 11) is 0. The fourth-order valence-electron chi connectivity index (χ4n) is 1.88. The number of aryl methyl sites for hydroxylation is 1. The maximum absolute atomic E-state index is 11.9. The predicted molar refractivity (Wildman–Crippen MR) is 76.6 cm³/mol. The molecule has 0 fully saturated rings. The zero-order chi connectivity index (χ0) is 14.4. The van der Waals surface area contributed by atoms with Crippen LogP contribution in [0.3, 0.4) is 0 Å². The summed E-state index contributed by atoms with van der Waals surface area (Å²) in [5.41, 5.74) is 7.79. The first kappa shape index (κ1) is 15.7. The topological polar surface area (TPSA) is 75.4 Å². The molecule has 0 bridgehead atoms. The molecular weight excluding hydrogens is 240 g/mol. The fourth-order valence-corrected chi connectivity index (χ4v) is 1.88. The van der Waals surface area contributed by atoms with Crippen LogP contribution in [-0.2, 0) is 4.79 Å². The molecule has 0 aliphatic carbocycles. The Bertz CT molecular complexity index is 401. The fraction of sp³-hybridized carbons (Fsp3) is 0.533. The van der Waals surface area contributed by atoms with E-state index >= 15 is 0 Å². The van der Waals surface area contributed by atoms with Gasteiger partial charge < -0.3 is 16.2 Å². The van der Waals surface area contributed by atoms with Crippen LogP contribution in [0.5, 0.6) is 0 Å². The Kier molecular flexibility index (Phi) is 5.99. The molecule has 0 aliphatic heterocycles. The third-order valence-electron chi connectivity index (χ3n) is 2.97. The van der Waals surface area contributed by atoms with Gasteiger partial charge in [-0.25, -0.2) is 0 Å². The highest BCUT2D eigenvalue weighted by atomic mass is 16.3. The molecule has 0 saturated heterocycles. The summed E-state index contributed by atoms with van der Waals surface area (Å²) in [6, 6.07) is 6.87. The molecule has 19 heavy (non-hydrogen) atoms. The molecule has 4 nitrogen and oxygen atoms in total. The number of carbonyl (C=O) groups excluding carboxylic acids is 1. The molecule has 0 saturated carbocycles. The summed E-state index contributed by atoms with van der Waals surface area (Å²) < 4.78 is 0. The Hall–Kier alpha value is -1.39. The maximum atomic E-state index is 11.9. The Morgan fingerprint density at radius 3 is 2.42 bits per heavy atom. The highest BCUT2D eigenvalue weighted by Gasteiger charge is 2.16. The number of aliphatic hydroxyl groups excluding tert-OH is 1. The monoisotopic (exact) mass is 264 g/mol. The normalized spacial score (nSPS) is 14.2. The van der Waals surface area contributed by atoms with E-state index in [-0.39, 0.29) is 12.5 Å². The van der Waals surface area contributed by atoms with Crippen LogP contribution in [0.1, 0.15) is 37.4 Å². The maximum Gasteiger partial charge on any atom is 0.241 e. The second-order valence-electron chi connectivity index (χ2n) is 5.42. The molecule has 106 valence electrons. The minimum absolute atomic E-state index is 0.247. The molecule has 0 aromatic heterocycles. The zero-order valence-corrected chi connectivity index (χ0v) is 11.9. The molecule has 2 unspecified atom stereocenters. The summed E-state index contributed by atoms with van der Waals surface area (Å²) in [4.78, 5) is 11.9. The second kappa shape index (κ2) is 7.26. The molecular formula is C15H24N2O2. The lowest BCUT2D eigenvalue weighted by atomic mass is 10.0. The van der Waals surface area contributed by atoms with Crippen LogP contribution in [0.2, 0.25) is 0 Å². The summed E-state index contributed by atoms with van der Waals surface area (Å²) in [6.45, 7) is 6.29. The van der Waals surface area contributed by atoms with Crippen molar-refractivity contribution in [2.24, 2.45) is 11.7 Å². The van der Waals surface area contributed by atoms with Crippen molar-refractivity contribution < 1.29 is 9.90 Å². The van der Waals surface area contributed by atoms with Gasteiger partial charge in [0, 0.05) is 6.54 Å². The Labute approximate surface area is 115 Å². The van der Waals surface area contributed by atoms with Gasteiger partial charge >= 0.3 is 0 Å². The number of amides is 1. The van der Waals surface area contributed by atoms with Gasteiger partial charge in [-0.05, 0) is 24.8 Å². The third kappa shape index (κ3) is 5.41. The zero-order valence-electron chi connectivity index (χ0n) is 11.9. The first-order chi connectivity index (χ1) is 8.90. The van der Waals surface area contributed by atoms with Crippen LogP contribution in [0.15, 0.2) is 24.3 Å². The smallest absolute Gasteiger partial charge is 0.241 e. The van der Waals surface area contributed by atoms with Gasteiger partial charge in [-0.2, -0.15) is 0 Å². The van der Waals surface area contributed by atoms with Crippen molar-refractivity contribution in [2.45, 2.75) is 39.3 Å². The molecule has 0 heterocycles. The van der Waals surface area contributed by atoms with Crippen molar-refractivity contribution >= 4 is 5.91 Å². The van der Waals surface area contributed by atoms with E-state index in [1.54, 1.807) is 0 Å². The number of hydrogen-bond acceptors (Lipinski definition) is 3. The standard InChI is InChI=1S/C15H24N2O2/c1-10(2)8-13(18)9-17-15(19)14(16)12-6-4-11(3)5-7-12/h4-7,10,13-14,18H,8-9,16H2,1-3H3,(H,17,19). The number of nitrogens with one attached hydrogen (secondary N) is 1. The van der Waals surface area contributed by atoms with Crippen LogP contribution in [0.4, 0.5) is 0 Å². The molecule has 0 aliphatic rings. The van der Waals surface area contributed by atoms with Crippen LogP contribution < -0.4 is 11.1 Å². The second-order valence-corrected chi connectivity index (χ2v) is 5.42. The number of benzene rings is 1. The molecule has 0 spiro atoms. The minimum Gasteiger partial charge on any atom is -0.391 e. The third-order valence-corrected chi connectivity index (χ3v) is 2.97. The average Bonchev–Trinajstić information content (AvgIpc) is 2.35. The first-order valence-electron chi connectivity index (χ1n) is 6.68. The number of carbonyl (C=O) groups is 1. The molecule has 4 heteroatoms. The lowest BCUT2D eigenvalue weighted by molar-refractivity contribution is -0.123. The summed E-state index contributed by atoms with van der Waals surface area (Å²) in [5.74, 6) is 0.143. The lowest BCUT2D eigenvalue weighted by Crippen LogP contribution is -2.38. The largest absolute Gasteiger partial charge is 0.391 e. The van der Waals surface area contributed by atoms with E-state index in [0.29, 0.717) is 12.3 Å². The Morgan fingerprint density at radius 2 is 1.89 bits per heavy atom. The highest BCUT2D eigenvalue weighted by Crippen LogP contribution is 2.11. The van der Waals surface area contributed by atoms with Crippen molar-refractivity contribution in [3.8, 4) is 0 Å². The summed E-state index contributed by atoms with van der Waals surface area (Å²) in [6.07, 6.45) is 0.147. The van der Waals surface area contributed by atoms with Gasteiger partial charge in [0.1, 0.15) is 6.04 Å². The Balaban J connectivity index is 2.47. The number of nitrogens with two attached hydrogens (primary N) is 1. The van der Waals surface area contributed by atoms with E-state index in [9.17, 15) is 9.90 Å². The van der Waals surface area contributed by atoms with Gasteiger partial charge in [0.25, 0.3) is 0 Å². The van der Waals surface area contributed by atoms with E-state index in [2.05, 4.69) is 5.32 Å². The van der Waals surface area contributed by atoms with Gasteiger partial charge in [0.15, 0.2) is 0 Å². The number of hydrogen-bond donors (Lipinski definition) is 3. The average molecular weight is 264 g/mol. The van der Waals surface area contributed by atoms with E-state index in [1.807, 2.05) is 45.0 Å². The number of rotatable bonds is 6. The van der Waals surface area contributed by atoms with E-state index in [1.165, 1.54) is 0 Å². The van der Waals surface area contributed by atoms with Gasteiger partial charge in [0.05, 0.1) is 6.10 Å². The lowest BCUT2D eigenvalue weighted by Gasteiger charge is -2.16. The molecule has 1 amide bonds. The molecule has 1 aromatic rings. The molecule has 2 atom stereocenters. The quantitative estimate of drug-likeness (QED) is 0.729. The van der Waals surface area contributed by atoms with Gasteiger partial charge in [0.2, 0.25) is 5.91 Å². The van der Waals surface area contributed by atoms with Crippen LogP contribution >= 0.6 is 0 Å². The van der Waals surface area contributed by atoms with Gasteiger partial charge in [-0.1, -0.05) is 43.7 Å². The van der Waals surface area contributed by atoms with Gasteiger partial charge in [-0.15, -0.1) is 0 Å². The minimum atomic E-state index is -0.688. The van der Waals surface area contributed by atoms with Crippen molar-refractivity contribution in [1.82, 2.24) is 5.32 Å². The van der Waals surface area contributed by atoms with Crippen molar-refractivity contribution in [3.63, 3.8) is 0 Å².